The van der Waals surface area contributed by atoms with Gasteiger partial charge in [-0.25, -0.2) is 4.98 Å². The molecule has 0 aromatic carbocycles. The fourth-order valence-electron chi connectivity index (χ4n) is 1.84. The highest BCUT2D eigenvalue weighted by atomic mass is 16.3. The molecule has 0 aliphatic heterocycles. The average Bonchev–Trinajstić information content (AvgIpc) is 2.26. The number of aromatic nitrogens is 1. The summed E-state index contributed by atoms with van der Waals surface area (Å²) < 4.78 is 0. The first-order chi connectivity index (χ1) is 8.36. The Balaban J connectivity index is 2.94. The highest BCUT2D eigenvalue weighted by Gasteiger charge is 2.24. The highest BCUT2D eigenvalue weighted by molar-refractivity contribution is 5.45. The van der Waals surface area contributed by atoms with E-state index in [-0.39, 0.29) is 18.1 Å². The van der Waals surface area contributed by atoms with E-state index in [0.29, 0.717) is 17.8 Å². The van der Waals surface area contributed by atoms with Crippen LogP contribution in [-0.4, -0.2) is 22.7 Å². The summed E-state index contributed by atoms with van der Waals surface area (Å²) >= 11 is 0. The van der Waals surface area contributed by atoms with E-state index in [1.54, 1.807) is 12.1 Å². The smallest absolute Gasteiger partial charge is 0.127 e. The van der Waals surface area contributed by atoms with E-state index >= 15 is 0 Å². The maximum atomic E-state index is 9.12. The quantitative estimate of drug-likeness (QED) is 0.857. The number of pyridine rings is 1. The third kappa shape index (κ3) is 4.01. The second kappa shape index (κ2) is 5.83. The SMILES string of the molecule is Cc1cc(C#N)cc(NC(CCO)C(C)(C)C)n1. The highest BCUT2D eigenvalue weighted by Crippen LogP contribution is 2.25. The molecule has 0 fully saturated rings. The number of aryl methyl sites for hydroxylation is 1. The van der Waals surface area contributed by atoms with Gasteiger partial charge in [-0.05, 0) is 30.9 Å². The van der Waals surface area contributed by atoms with Gasteiger partial charge >= 0.3 is 0 Å². The zero-order chi connectivity index (χ0) is 13.8. The summed E-state index contributed by atoms with van der Waals surface area (Å²) in [6.07, 6.45) is 0.654. The predicted octanol–water partition coefficient (Wildman–Crippen LogP) is 2.47. The lowest BCUT2D eigenvalue weighted by Gasteiger charge is -2.31. The molecule has 1 rings (SSSR count). The van der Waals surface area contributed by atoms with Gasteiger partial charge in [0, 0.05) is 18.3 Å². The predicted molar refractivity (Wildman–Crippen MR) is 72.3 cm³/mol. The minimum absolute atomic E-state index is 0.0148. The molecule has 4 heteroatoms. The maximum absolute atomic E-state index is 9.12. The van der Waals surface area contributed by atoms with Gasteiger partial charge in [-0.15, -0.1) is 0 Å². The summed E-state index contributed by atoms with van der Waals surface area (Å²) in [7, 11) is 0. The van der Waals surface area contributed by atoms with Crippen LogP contribution in [0, 0.1) is 23.7 Å². The monoisotopic (exact) mass is 247 g/mol. The molecule has 98 valence electrons. The van der Waals surface area contributed by atoms with Gasteiger partial charge in [0.2, 0.25) is 0 Å². The van der Waals surface area contributed by atoms with E-state index in [2.05, 4.69) is 37.1 Å². The zero-order valence-electron chi connectivity index (χ0n) is 11.5. The number of nitrogens with one attached hydrogen (secondary N) is 1. The van der Waals surface area contributed by atoms with Gasteiger partial charge in [0.05, 0.1) is 11.6 Å². The molecule has 0 aliphatic carbocycles. The third-order valence-electron chi connectivity index (χ3n) is 2.87. The van der Waals surface area contributed by atoms with Crippen LogP contribution in [0.3, 0.4) is 0 Å². The van der Waals surface area contributed by atoms with Crippen molar-refractivity contribution in [2.24, 2.45) is 5.41 Å². The molecule has 0 bridgehead atoms. The minimum atomic E-state index is 0.0148. The van der Waals surface area contributed by atoms with Crippen molar-refractivity contribution in [2.45, 2.75) is 40.2 Å². The van der Waals surface area contributed by atoms with Gasteiger partial charge in [0.25, 0.3) is 0 Å². The number of nitrogens with zero attached hydrogens (tertiary/aromatic N) is 2. The summed E-state index contributed by atoms with van der Waals surface area (Å²) in [5, 5.41) is 21.4. The fraction of sp³-hybridized carbons (Fsp3) is 0.571. The van der Waals surface area contributed by atoms with Crippen LogP contribution in [0.15, 0.2) is 12.1 Å². The Bertz CT molecular complexity index is 443. The molecule has 1 aromatic heterocycles. The van der Waals surface area contributed by atoms with Crippen LogP contribution in [0.1, 0.15) is 38.4 Å². The van der Waals surface area contributed by atoms with Crippen molar-refractivity contribution in [3.63, 3.8) is 0 Å². The van der Waals surface area contributed by atoms with Crippen molar-refractivity contribution < 1.29 is 5.11 Å². The van der Waals surface area contributed by atoms with Crippen molar-refractivity contribution in [3.05, 3.63) is 23.4 Å². The van der Waals surface area contributed by atoms with E-state index in [0.717, 1.165) is 5.69 Å². The van der Waals surface area contributed by atoms with Gasteiger partial charge in [0.1, 0.15) is 5.82 Å². The van der Waals surface area contributed by atoms with Crippen molar-refractivity contribution in [1.29, 1.82) is 5.26 Å². The Kier molecular flexibility index (Phi) is 4.69. The molecule has 0 saturated carbocycles. The topological polar surface area (TPSA) is 68.9 Å². The lowest BCUT2D eigenvalue weighted by molar-refractivity contribution is 0.235. The van der Waals surface area contributed by atoms with Crippen LogP contribution in [0.2, 0.25) is 0 Å². The molecular weight excluding hydrogens is 226 g/mol. The molecule has 0 radical (unpaired) electrons. The number of rotatable bonds is 4. The lowest BCUT2D eigenvalue weighted by Crippen LogP contribution is -2.35. The molecule has 0 saturated heterocycles. The molecule has 1 aromatic rings. The fourth-order valence-corrected chi connectivity index (χ4v) is 1.84. The first-order valence-electron chi connectivity index (χ1n) is 6.13. The Morgan fingerprint density at radius 3 is 2.61 bits per heavy atom. The average molecular weight is 247 g/mol. The first-order valence-corrected chi connectivity index (χ1v) is 6.13. The second-order valence-corrected chi connectivity index (χ2v) is 5.57. The van der Waals surface area contributed by atoms with E-state index in [1.807, 2.05) is 6.92 Å². The van der Waals surface area contributed by atoms with E-state index < -0.39 is 0 Å². The largest absolute Gasteiger partial charge is 0.396 e. The van der Waals surface area contributed by atoms with Gasteiger partial charge in [-0.3, -0.25) is 0 Å². The van der Waals surface area contributed by atoms with Crippen LogP contribution in [0.4, 0.5) is 5.82 Å². The van der Waals surface area contributed by atoms with Crippen LogP contribution >= 0.6 is 0 Å². The molecule has 2 N–H and O–H groups in total. The number of hydrogen-bond acceptors (Lipinski definition) is 4. The summed E-state index contributed by atoms with van der Waals surface area (Å²) in [6.45, 7) is 8.33. The van der Waals surface area contributed by atoms with Crippen molar-refractivity contribution in [2.75, 3.05) is 11.9 Å². The summed E-state index contributed by atoms with van der Waals surface area (Å²) in [4.78, 5) is 4.37. The normalized spacial score (nSPS) is 12.9. The van der Waals surface area contributed by atoms with Crippen LogP contribution in [0.5, 0.6) is 0 Å². The number of hydrogen-bond donors (Lipinski definition) is 2. The molecule has 1 atom stereocenters. The third-order valence-corrected chi connectivity index (χ3v) is 2.87. The Morgan fingerprint density at radius 1 is 1.44 bits per heavy atom. The molecule has 18 heavy (non-hydrogen) atoms. The summed E-state index contributed by atoms with van der Waals surface area (Å²) in [5.41, 5.74) is 1.43. The van der Waals surface area contributed by atoms with Crippen LogP contribution in [0.25, 0.3) is 0 Å². The van der Waals surface area contributed by atoms with Gasteiger partial charge in [-0.1, -0.05) is 20.8 Å². The van der Waals surface area contributed by atoms with E-state index in [9.17, 15) is 0 Å². The van der Waals surface area contributed by atoms with Crippen LogP contribution in [-0.2, 0) is 0 Å². The standard InChI is InChI=1S/C14H21N3O/c1-10-7-11(9-15)8-13(16-10)17-12(5-6-18)14(2,3)4/h7-8,12,18H,5-6H2,1-4H3,(H,16,17). The van der Waals surface area contributed by atoms with Gasteiger partial charge in [0.15, 0.2) is 0 Å². The number of aliphatic hydroxyl groups excluding tert-OH is 1. The molecule has 4 nitrogen and oxygen atoms in total. The first kappa shape index (κ1) is 14.5. The summed E-state index contributed by atoms with van der Waals surface area (Å²) in [5.74, 6) is 0.694. The van der Waals surface area contributed by atoms with Crippen LogP contribution < -0.4 is 5.32 Å². The Morgan fingerprint density at radius 2 is 2.11 bits per heavy atom. The molecule has 1 unspecified atom stereocenters. The molecule has 1 heterocycles. The molecular formula is C14H21N3O. The van der Waals surface area contributed by atoms with Crippen molar-refractivity contribution >= 4 is 5.82 Å². The number of aliphatic hydroxyl groups is 1. The van der Waals surface area contributed by atoms with E-state index in [4.69, 9.17) is 10.4 Å². The molecule has 0 spiro atoms. The lowest BCUT2D eigenvalue weighted by atomic mass is 9.85. The molecule has 0 amide bonds. The molecule has 0 aliphatic rings. The van der Waals surface area contributed by atoms with E-state index in [1.165, 1.54) is 0 Å². The van der Waals surface area contributed by atoms with Gasteiger partial charge in [-0.2, -0.15) is 5.26 Å². The Labute approximate surface area is 109 Å². The Hall–Kier alpha value is -1.60. The second-order valence-electron chi connectivity index (χ2n) is 5.57. The number of anilines is 1. The zero-order valence-corrected chi connectivity index (χ0v) is 11.5. The minimum Gasteiger partial charge on any atom is -0.396 e. The summed E-state index contributed by atoms with van der Waals surface area (Å²) in [6, 6.07) is 5.73. The van der Waals surface area contributed by atoms with Crippen molar-refractivity contribution in [3.8, 4) is 6.07 Å². The number of nitriles is 1. The maximum Gasteiger partial charge on any atom is 0.127 e. The van der Waals surface area contributed by atoms with Crippen molar-refractivity contribution in [1.82, 2.24) is 4.98 Å². The van der Waals surface area contributed by atoms with Gasteiger partial charge < -0.3 is 10.4 Å².